The van der Waals surface area contributed by atoms with E-state index in [-0.39, 0.29) is 11.7 Å². The van der Waals surface area contributed by atoms with Gasteiger partial charge in [0.25, 0.3) is 0 Å². The third kappa shape index (κ3) is 3.11. The number of nitrogens with zero attached hydrogens (tertiary/aromatic N) is 3. The van der Waals surface area contributed by atoms with Crippen LogP contribution in [0.1, 0.15) is 55.3 Å². The van der Waals surface area contributed by atoms with Crippen molar-refractivity contribution in [3.8, 4) is 5.75 Å². The molecule has 0 amide bonds. The molecule has 136 valence electrons. The minimum atomic E-state index is 0.0496. The molecule has 6 nitrogen and oxygen atoms in total. The molecular weight excluding hydrogens is 330 g/mol. The molecule has 6 heteroatoms. The zero-order valence-corrected chi connectivity index (χ0v) is 15.0. The van der Waals surface area contributed by atoms with Crippen molar-refractivity contribution in [3.63, 3.8) is 0 Å². The largest absolute Gasteiger partial charge is 0.493 e. The van der Waals surface area contributed by atoms with Gasteiger partial charge in [0, 0.05) is 12.1 Å². The first-order valence-corrected chi connectivity index (χ1v) is 9.33. The first-order valence-electron chi connectivity index (χ1n) is 9.33. The molecule has 0 N–H and O–H groups in total. The van der Waals surface area contributed by atoms with E-state index in [4.69, 9.17) is 9.15 Å². The number of hydrogen-bond acceptors (Lipinski definition) is 5. The number of carbonyl (C=O) groups is 1. The van der Waals surface area contributed by atoms with E-state index >= 15 is 0 Å². The van der Waals surface area contributed by atoms with E-state index in [2.05, 4.69) is 10.1 Å². The van der Waals surface area contributed by atoms with Gasteiger partial charge in [-0.2, -0.15) is 5.10 Å². The van der Waals surface area contributed by atoms with Crippen LogP contribution < -0.4 is 4.74 Å². The summed E-state index contributed by atoms with van der Waals surface area (Å²) in [5.41, 5.74) is 1.14. The predicted octanol–water partition coefficient (Wildman–Crippen LogP) is 4.23. The van der Waals surface area contributed by atoms with Crippen LogP contribution in [0.2, 0.25) is 0 Å². The smallest absolute Gasteiger partial charge is 0.186 e. The van der Waals surface area contributed by atoms with E-state index in [1.54, 1.807) is 17.1 Å². The molecular formula is C20H23N3O3. The highest BCUT2D eigenvalue weighted by atomic mass is 16.5. The van der Waals surface area contributed by atoms with Gasteiger partial charge in [-0.1, -0.05) is 19.3 Å². The molecule has 26 heavy (non-hydrogen) atoms. The van der Waals surface area contributed by atoms with E-state index in [1.165, 1.54) is 6.42 Å². The maximum atomic E-state index is 13.2. The zero-order valence-electron chi connectivity index (χ0n) is 15.0. The topological polar surface area (TPSA) is 70.2 Å². The van der Waals surface area contributed by atoms with Gasteiger partial charge < -0.3 is 9.15 Å². The Balaban J connectivity index is 1.80. The molecule has 0 aliphatic heterocycles. The van der Waals surface area contributed by atoms with Gasteiger partial charge in [0.2, 0.25) is 0 Å². The van der Waals surface area contributed by atoms with Crippen molar-refractivity contribution in [2.24, 2.45) is 5.92 Å². The van der Waals surface area contributed by atoms with Gasteiger partial charge in [-0.05, 0) is 38.0 Å². The fourth-order valence-electron chi connectivity index (χ4n) is 3.74. The maximum absolute atomic E-state index is 13.2. The molecule has 1 saturated carbocycles. The van der Waals surface area contributed by atoms with E-state index < -0.39 is 0 Å². The Morgan fingerprint density at radius 3 is 2.88 bits per heavy atom. The summed E-state index contributed by atoms with van der Waals surface area (Å²) in [5, 5.41) is 5.37. The first kappa shape index (κ1) is 16.8. The molecule has 3 aromatic rings. The third-order valence-corrected chi connectivity index (χ3v) is 4.99. The van der Waals surface area contributed by atoms with Gasteiger partial charge in [0.15, 0.2) is 11.4 Å². The summed E-state index contributed by atoms with van der Waals surface area (Å²) < 4.78 is 13.0. The van der Waals surface area contributed by atoms with Gasteiger partial charge in [0.05, 0.1) is 18.3 Å². The van der Waals surface area contributed by atoms with Crippen LogP contribution in [0.25, 0.3) is 11.0 Å². The number of hydrogen-bond donors (Lipinski definition) is 0. The van der Waals surface area contributed by atoms with Crippen LogP contribution in [-0.2, 0) is 6.54 Å². The van der Waals surface area contributed by atoms with Crippen molar-refractivity contribution in [2.45, 2.75) is 45.6 Å². The Labute approximate surface area is 152 Å². The third-order valence-electron chi connectivity index (χ3n) is 4.99. The van der Waals surface area contributed by atoms with E-state index in [0.717, 1.165) is 36.8 Å². The Hall–Kier alpha value is -2.63. The number of carbonyl (C=O) groups excluding carboxylic acids is 1. The first-order chi connectivity index (χ1) is 12.8. The summed E-state index contributed by atoms with van der Waals surface area (Å²) in [6, 6.07) is 5.54. The van der Waals surface area contributed by atoms with Crippen LogP contribution in [-0.4, -0.2) is 27.2 Å². The van der Waals surface area contributed by atoms with Gasteiger partial charge in [-0.25, -0.2) is 9.67 Å². The van der Waals surface area contributed by atoms with Crippen molar-refractivity contribution in [1.29, 1.82) is 0 Å². The minimum absolute atomic E-state index is 0.0496. The van der Waals surface area contributed by atoms with Crippen molar-refractivity contribution in [2.75, 3.05) is 6.61 Å². The monoisotopic (exact) mass is 353 g/mol. The fourth-order valence-corrected chi connectivity index (χ4v) is 3.74. The molecule has 3 heterocycles. The molecule has 0 saturated heterocycles. The summed E-state index contributed by atoms with van der Waals surface area (Å²) in [7, 11) is 0. The Morgan fingerprint density at radius 1 is 1.31 bits per heavy atom. The second kappa shape index (κ2) is 7.32. The molecule has 3 aromatic heterocycles. The van der Waals surface area contributed by atoms with Crippen LogP contribution in [0, 0.1) is 5.92 Å². The van der Waals surface area contributed by atoms with Crippen LogP contribution in [0.15, 0.2) is 35.1 Å². The number of rotatable bonds is 6. The summed E-state index contributed by atoms with van der Waals surface area (Å²) in [4.78, 5) is 17.7. The standard InChI is InChI=1S/C20H23N3O3/c1-2-25-16-10-11-21-20-17(16)18(19(24)14-7-4-3-5-8-14)22-23(20)13-15-9-6-12-26-15/h6,9-12,14H,2-5,7-8,13H2,1H3. The lowest BCUT2D eigenvalue weighted by Gasteiger charge is -2.19. The SMILES string of the molecule is CCOc1ccnc2c1c(C(=O)C1CCCCC1)nn2Cc1ccco1. The number of ether oxygens (including phenoxy) is 1. The summed E-state index contributed by atoms with van der Waals surface area (Å²) in [6.45, 7) is 2.89. The number of Topliss-reactive ketones (excluding diaryl/α,β-unsaturated/α-hetero) is 1. The Bertz CT molecular complexity index is 893. The fraction of sp³-hybridized carbons (Fsp3) is 0.450. The second-order valence-electron chi connectivity index (χ2n) is 6.73. The molecule has 1 fully saturated rings. The van der Waals surface area contributed by atoms with Crippen LogP contribution >= 0.6 is 0 Å². The number of aromatic nitrogens is 3. The summed E-state index contributed by atoms with van der Waals surface area (Å²) >= 11 is 0. The lowest BCUT2D eigenvalue weighted by molar-refractivity contribution is 0.0885. The highest BCUT2D eigenvalue weighted by Gasteiger charge is 2.29. The lowest BCUT2D eigenvalue weighted by atomic mass is 9.85. The average molecular weight is 353 g/mol. The molecule has 0 spiro atoms. The predicted molar refractivity (Wildman–Crippen MR) is 97.4 cm³/mol. The number of pyridine rings is 1. The average Bonchev–Trinajstić information content (AvgIpc) is 3.31. The van der Waals surface area contributed by atoms with Gasteiger partial charge in [-0.3, -0.25) is 4.79 Å². The second-order valence-corrected chi connectivity index (χ2v) is 6.73. The summed E-state index contributed by atoms with van der Waals surface area (Å²) in [5.74, 6) is 1.60. The molecule has 0 bridgehead atoms. The Morgan fingerprint density at radius 2 is 2.15 bits per heavy atom. The van der Waals surface area contributed by atoms with Gasteiger partial charge in [-0.15, -0.1) is 0 Å². The molecule has 0 atom stereocenters. The van der Waals surface area contributed by atoms with Gasteiger partial charge >= 0.3 is 0 Å². The van der Waals surface area contributed by atoms with Crippen LogP contribution in [0.3, 0.4) is 0 Å². The van der Waals surface area contributed by atoms with Crippen molar-refractivity contribution in [3.05, 3.63) is 42.1 Å². The lowest BCUT2D eigenvalue weighted by Crippen LogP contribution is -2.19. The van der Waals surface area contributed by atoms with E-state index in [1.807, 2.05) is 25.1 Å². The van der Waals surface area contributed by atoms with Crippen molar-refractivity contribution >= 4 is 16.8 Å². The zero-order chi connectivity index (χ0) is 17.9. The van der Waals surface area contributed by atoms with E-state index in [0.29, 0.717) is 30.2 Å². The van der Waals surface area contributed by atoms with Crippen LogP contribution in [0.5, 0.6) is 5.75 Å². The van der Waals surface area contributed by atoms with Crippen molar-refractivity contribution < 1.29 is 13.9 Å². The highest BCUT2D eigenvalue weighted by Crippen LogP contribution is 2.33. The molecule has 1 aliphatic carbocycles. The minimum Gasteiger partial charge on any atom is -0.493 e. The summed E-state index contributed by atoms with van der Waals surface area (Å²) in [6.07, 6.45) is 8.64. The van der Waals surface area contributed by atoms with E-state index in [9.17, 15) is 4.79 Å². The highest BCUT2D eigenvalue weighted by molar-refractivity contribution is 6.08. The number of ketones is 1. The molecule has 0 radical (unpaired) electrons. The molecule has 4 rings (SSSR count). The number of furan rings is 1. The Kier molecular flexibility index (Phi) is 4.73. The van der Waals surface area contributed by atoms with Gasteiger partial charge in [0.1, 0.15) is 23.7 Å². The quantitative estimate of drug-likeness (QED) is 0.620. The van der Waals surface area contributed by atoms with Crippen molar-refractivity contribution in [1.82, 2.24) is 14.8 Å². The number of fused-ring (bicyclic) bond motifs is 1. The molecule has 0 unspecified atom stereocenters. The normalized spacial score (nSPS) is 15.4. The van der Waals surface area contributed by atoms with Crippen LogP contribution in [0.4, 0.5) is 0 Å². The molecule has 0 aromatic carbocycles. The maximum Gasteiger partial charge on any atom is 0.186 e. The molecule has 1 aliphatic rings.